The highest BCUT2D eigenvalue weighted by atomic mass is 16.3. The van der Waals surface area contributed by atoms with E-state index in [2.05, 4.69) is 39.1 Å². The third-order valence-corrected chi connectivity index (χ3v) is 8.40. The summed E-state index contributed by atoms with van der Waals surface area (Å²) in [5.41, 5.74) is 1.68. The van der Waals surface area contributed by atoms with Crippen LogP contribution in [0.2, 0.25) is 0 Å². The summed E-state index contributed by atoms with van der Waals surface area (Å²) in [6, 6.07) is 7.59. The lowest BCUT2D eigenvalue weighted by atomic mass is 10.0. The minimum Gasteiger partial charge on any atom is -0.437 e. The molecule has 3 aliphatic rings. The largest absolute Gasteiger partial charge is 0.437 e. The number of nitrogens with zero attached hydrogens (tertiary/aromatic N) is 6. The average Bonchev–Trinajstić information content (AvgIpc) is 3.56. The number of carbonyl (C=O) groups is 1. The van der Waals surface area contributed by atoms with Gasteiger partial charge in [-0.2, -0.15) is 4.98 Å². The molecule has 7 rings (SSSR count). The quantitative estimate of drug-likeness (QED) is 0.454. The van der Waals surface area contributed by atoms with Crippen LogP contribution in [0.3, 0.4) is 0 Å². The molecular formula is C27H31N7O3. The van der Waals surface area contributed by atoms with E-state index >= 15 is 0 Å². The number of rotatable bonds is 3. The van der Waals surface area contributed by atoms with Crippen molar-refractivity contribution in [1.82, 2.24) is 29.5 Å². The van der Waals surface area contributed by atoms with Gasteiger partial charge in [0.25, 0.3) is 5.91 Å². The van der Waals surface area contributed by atoms with Crippen molar-refractivity contribution in [3.05, 3.63) is 46.2 Å². The van der Waals surface area contributed by atoms with Crippen LogP contribution in [0.1, 0.15) is 23.2 Å². The molecule has 3 aromatic heterocycles. The van der Waals surface area contributed by atoms with Crippen molar-refractivity contribution < 1.29 is 9.21 Å². The number of carbonyl (C=O) groups excluding carboxylic acids is 1. The van der Waals surface area contributed by atoms with E-state index in [9.17, 15) is 9.59 Å². The van der Waals surface area contributed by atoms with E-state index in [1.54, 1.807) is 6.20 Å². The molecule has 1 amide bonds. The maximum absolute atomic E-state index is 13.7. The van der Waals surface area contributed by atoms with Crippen LogP contribution in [-0.2, 0) is 0 Å². The molecule has 0 radical (unpaired) electrons. The molecule has 192 valence electrons. The van der Waals surface area contributed by atoms with E-state index < -0.39 is 11.3 Å². The van der Waals surface area contributed by atoms with Crippen LogP contribution in [0.25, 0.3) is 27.8 Å². The van der Waals surface area contributed by atoms with Crippen molar-refractivity contribution in [1.29, 1.82) is 0 Å². The minimum atomic E-state index is -0.404. The molecule has 0 aliphatic carbocycles. The first-order chi connectivity index (χ1) is 18.0. The van der Waals surface area contributed by atoms with Gasteiger partial charge in [-0.1, -0.05) is 12.1 Å². The highest BCUT2D eigenvalue weighted by molar-refractivity contribution is 6.04. The Labute approximate surface area is 213 Å². The number of oxazole rings is 1. The predicted molar refractivity (Wildman–Crippen MR) is 141 cm³/mol. The average molecular weight is 502 g/mol. The number of amides is 1. The van der Waals surface area contributed by atoms with Crippen LogP contribution in [0.4, 0.5) is 5.95 Å². The van der Waals surface area contributed by atoms with Gasteiger partial charge in [0.05, 0.1) is 10.9 Å². The lowest BCUT2D eigenvalue weighted by Crippen LogP contribution is -2.44. The molecule has 3 saturated heterocycles. The lowest BCUT2D eigenvalue weighted by Gasteiger charge is -2.29. The molecule has 2 unspecified atom stereocenters. The summed E-state index contributed by atoms with van der Waals surface area (Å²) in [5.74, 6) is 1.42. The summed E-state index contributed by atoms with van der Waals surface area (Å²) >= 11 is 0. The first-order valence-corrected chi connectivity index (χ1v) is 13.1. The van der Waals surface area contributed by atoms with Gasteiger partial charge in [0.15, 0.2) is 11.2 Å². The molecule has 0 saturated carbocycles. The van der Waals surface area contributed by atoms with E-state index in [1.807, 2.05) is 28.7 Å². The Hall–Kier alpha value is -3.50. The van der Waals surface area contributed by atoms with Crippen molar-refractivity contribution in [2.75, 3.05) is 58.3 Å². The summed E-state index contributed by atoms with van der Waals surface area (Å²) in [7, 11) is 4.25. The fourth-order valence-electron chi connectivity index (χ4n) is 6.44. The van der Waals surface area contributed by atoms with Gasteiger partial charge >= 0.3 is 0 Å². The Kier molecular flexibility index (Phi) is 5.23. The van der Waals surface area contributed by atoms with Gasteiger partial charge in [0, 0.05) is 38.4 Å². The van der Waals surface area contributed by atoms with Crippen LogP contribution in [0.15, 0.2) is 39.7 Å². The molecular weight excluding hydrogens is 470 g/mol. The minimum absolute atomic E-state index is 0.0118. The maximum Gasteiger partial charge on any atom is 0.261 e. The Bertz CT molecular complexity index is 1570. The molecule has 37 heavy (non-hydrogen) atoms. The maximum atomic E-state index is 13.7. The number of fused-ring (bicyclic) bond motifs is 6. The fraction of sp³-hybridized carbons (Fsp3) is 0.481. The summed E-state index contributed by atoms with van der Waals surface area (Å²) < 4.78 is 7.96. The number of pyridine rings is 1. The van der Waals surface area contributed by atoms with Crippen LogP contribution in [-0.4, -0.2) is 89.5 Å². The van der Waals surface area contributed by atoms with Crippen LogP contribution >= 0.6 is 0 Å². The zero-order valence-corrected chi connectivity index (χ0v) is 21.2. The molecule has 3 aliphatic heterocycles. The number of likely N-dealkylation sites (tertiary alicyclic amines) is 2. The highest BCUT2D eigenvalue weighted by Crippen LogP contribution is 2.33. The topological polar surface area (TPSA) is 99.2 Å². The van der Waals surface area contributed by atoms with Crippen molar-refractivity contribution in [3.63, 3.8) is 0 Å². The monoisotopic (exact) mass is 501 g/mol. The number of benzene rings is 1. The number of anilines is 1. The first-order valence-electron chi connectivity index (χ1n) is 13.1. The summed E-state index contributed by atoms with van der Waals surface area (Å²) in [6.45, 7) is 5.80. The predicted octanol–water partition coefficient (Wildman–Crippen LogP) is 1.81. The third-order valence-electron chi connectivity index (χ3n) is 8.40. The Balaban J connectivity index is 1.35. The molecule has 0 bridgehead atoms. The highest BCUT2D eigenvalue weighted by Gasteiger charge is 2.39. The number of para-hydroxylation sites is 2. The second kappa shape index (κ2) is 8.53. The lowest BCUT2D eigenvalue weighted by molar-refractivity contribution is 0.0916. The zero-order valence-electron chi connectivity index (χ0n) is 21.2. The number of aromatic nitrogens is 3. The molecule has 10 nitrogen and oxygen atoms in total. The number of nitrogens with one attached hydrogen (secondary N) is 1. The number of piperidine rings is 1. The Morgan fingerprint density at radius 2 is 1.76 bits per heavy atom. The fourth-order valence-corrected chi connectivity index (χ4v) is 6.44. The standard InChI is InChI=1S/C27H31N7O3/c1-31-9-7-18(8-10-31)29-25(36)22-23(35)19-11-28-27(33-14-16-12-32(2)13-17(16)15-33)30-24(19)34-20-5-3-4-6-21(20)37-26(22)34/h3-6,11,16-18H,7-10,12-15H2,1-2H3,(H,29,36). The van der Waals surface area contributed by atoms with E-state index in [0.29, 0.717) is 34.4 Å². The summed E-state index contributed by atoms with van der Waals surface area (Å²) in [4.78, 5) is 43.6. The van der Waals surface area contributed by atoms with Gasteiger partial charge in [-0.05, 0) is 64.0 Å². The molecule has 0 spiro atoms. The van der Waals surface area contributed by atoms with Crippen LogP contribution in [0, 0.1) is 11.8 Å². The molecule has 2 atom stereocenters. The van der Waals surface area contributed by atoms with E-state index in [0.717, 1.165) is 57.6 Å². The Morgan fingerprint density at radius 3 is 2.51 bits per heavy atom. The van der Waals surface area contributed by atoms with Crippen molar-refractivity contribution in [2.24, 2.45) is 11.8 Å². The van der Waals surface area contributed by atoms with Crippen LogP contribution in [0.5, 0.6) is 0 Å². The van der Waals surface area contributed by atoms with Gasteiger partial charge in [-0.25, -0.2) is 4.98 Å². The number of hydrogen-bond donors (Lipinski definition) is 1. The van der Waals surface area contributed by atoms with Crippen LogP contribution < -0.4 is 15.6 Å². The van der Waals surface area contributed by atoms with Gasteiger partial charge in [-0.15, -0.1) is 0 Å². The zero-order chi connectivity index (χ0) is 25.3. The normalized spacial score (nSPS) is 23.5. The van der Waals surface area contributed by atoms with Crippen molar-refractivity contribution in [3.8, 4) is 0 Å². The van der Waals surface area contributed by atoms with Gasteiger partial charge in [0.1, 0.15) is 5.56 Å². The molecule has 1 aromatic carbocycles. The SMILES string of the molecule is CN1CCC(NC(=O)c2c(=O)c3cnc(N4CC5CN(C)CC5C4)nc3n3c2oc2ccccc23)CC1. The van der Waals surface area contributed by atoms with Gasteiger partial charge in [0.2, 0.25) is 17.1 Å². The van der Waals surface area contributed by atoms with Gasteiger partial charge in [-0.3, -0.25) is 14.0 Å². The molecule has 10 heteroatoms. The molecule has 4 aromatic rings. The van der Waals surface area contributed by atoms with Crippen molar-refractivity contribution in [2.45, 2.75) is 18.9 Å². The molecule has 6 heterocycles. The second-order valence-corrected chi connectivity index (χ2v) is 11.0. The second-order valence-electron chi connectivity index (χ2n) is 11.0. The van der Waals surface area contributed by atoms with Gasteiger partial charge < -0.3 is 24.4 Å². The Morgan fingerprint density at radius 1 is 1.03 bits per heavy atom. The van der Waals surface area contributed by atoms with E-state index in [-0.39, 0.29) is 17.3 Å². The molecule has 3 fully saturated rings. The smallest absolute Gasteiger partial charge is 0.261 e. The van der Waals surface area contributed by atoms with Crippen molar-refractivity contribution >= 4 is 39.7 Å². The van der Waals surface area contributed by atoms with E-state index in [4.69, 9.17) is 9.40 Å². The molecule has 1 N–H and O–H groups in total. The third kappa shape index (κ3) is 3.69. The summed E-state index contributed by atoms with van der Waals surface area (Å²) in [5, 5.41) is 3.41. The number of hydrogen-bond acceptors (Lipinski definition) is 8. The summed E-state index contributed by atoms with van der Waals surface area (Å²) in [6.07, 6.45) is 3.28. The van der Waals surface area contributed by atoms with E-state index in [1.165, 1.54) is 0 Å². The first kappa shape index (κ1) is 22.7.